The lowest BCUT2D eigenvalue weighted by molar-refractivity contribution is 0.187. The molecule has 0 spiro atoms. The molecule has 0 bridgehead atoms. The Labute approximate surface area is 103 Å². The summed E-state index contributed by atoms with van der Waals surface area (Å²) < 4.78 is 20.4. The molecule has 0 amide bonds. The van der Waals surface area contributed by atoms with E-state index < -0.39 is 5.82 Å². The molecule has 0 N–H and O–H groups in total. The molecule has 0 atom stereocenters. The minimum absolute atomic E-state index is 0.356. The molecule has 0 aliphatic rings. The first-order valence-corrected chi connectivity index (χ1v) is 5.42. The van der Waals surface area contributed by atoms with Crippen molar-refractivity contribution in [3.8, 4) is 11.4 Å². The zero-order valence-corrected chi connectivity index (χ0v) is 9.99. The third kappa shape index (κ3) is 2.62. The van der Waals surface area contributed by atoms with Crippen molar-refractivity contribution in [2.75, 3.05) is 13.7 Å². The van der Waals surface area contributed by atoms with Crippen LogP contribution in [0.2, 0.25) is 5.02 Å². The largest absolute Gasteiger partial charge is 0.383 e. The minimum atomic E-state index is -0.413. The Bertz CT molecular complexity index is 515. The highest BCUT2D eigenvalue weighted by molar-refractivity contribution is 6.30. The molecule has 1 aromatic carbocycles. The molecule has 0 radical (unpaired) electrons. The maximum absolute atomic E-state index is 13.7. The van der Waals surface area contributed by atoms with Gasteiger partial charge in [-0.2, -0.15) is 0 Å². The van der Waals surface area contributed by atoms with Gasteiger partial charge in [0.2, 0.25) is 0 Å². The number of hydrogen-bond donors (Lipinski definition) is 0. The van der Waals surface area contributed by atoms with Gasteiger partial charge in [-0.3, -0.25) is 0 Å². The summed E-state index contributed by atoms with van der Waals surface area (Å²) >= 11 is 5.70. The van der Waals surface area contributed by atoms with Crippen molar-refractivity contribution in [3.05, 3.63) is 35.4 Å². The number of nitrogens with zero attached hydrogens (tertiary/aromatic N) is 3. The standard InChI is InChI=1S/C11H11ClFN3O/c1-17-5-4-16-7-14-15-11(16)9-3-2-8(12)6-10(9)13/h2-3,6-7H,4-5H2,1H3. The molecule has 2 aromatic rings. The van der Waals surface area contributed by atoms with Crippen LogP contribution in [0.25, 0.3) is 11.4 Å². The van der Waals surface area contributed by atoms with Crippen LogP contribution in [0, 0.1) is 5.82 Å². The summed E-state index contributed by atoms with van der Waals surface area (Å²) in [6.07, 6.45) is 1.54. The number of rotatable bonds is 4. The lowest BCUT2D eigenvalue weighted by atomic mass is 10.2. The summed E-state index contributed by atoms with van der Waals surface area (Å²) in [5.41, 5.74) is 0.378. The van der Waals surface area contributed by atoms with E-state index in [-0.39, 0.29) is 0 Å². The second kappa shape index (κ2) is 5.25. The lowest BCUT2D eigenvalue weighted by Gasteiger charge is -2.06. The van der Waals surface area contributed by atoms with Crippen LogP contribution in [0.15, 0.2) is 24.5 Å². The van der Waals surface area contributed by atoms with Crippen molar-refractivity contribution >= 4 is 11.6 Å². The number of ether oxygens (including phenoxy) is 1. The van der Waals surface area contributed by atoms with E-state index in [4.69, 9.17) is 16.3 Å². The summed E-state index contributed by atoms with van der Waals surface area (Å²) in [5, 5.41) is 8.03. The fraction of sp³-hybridized carbons (Fsp3) is 0.273. The van der Waals surface area contributed by atoms with E-state index >= 15 is 0 Å². The van der Waals surface area contributed by atoms with Crippen LogP contribution in [0.5, 0.6) is 0 Å². The predicted molar refractivity (Wildman–Crippen MR) is 62.3 cm³/mol. The van der Waals surface area contributed by atoms with Crippen LogP contribution in [0.1, 0.15) is 0 Å². The summed E-state index contributed by atoms with van der Waals surface area (Å²) in [7, 11) is 1.60. The van der Waals surface area contributed by atoms with Gasteiger partial charge >= 0.3 is 0 Å². The molecular formula is C11H11ClFN3O. The Morgan fingerprint density at radius 3 is 3.00 bits per heavy atom. The van der Waals surface area contributed by atoms with Crippen LogP contribution >= 0.6 is 11.6 Å². The topological polar surface area (TPSA) is 39.9 Å². The molecule has 0 fully saturated rings. The number of aromatic nitrogens is 3. The highest BCUT2D eigenvalue weighted by Gasteiger charge is 2.12. The number of methoxy groups -OCH3 is 1. The zero-order chi connectivity index (χ0) is 12.3. The SMILES string of the molecule is COCCn1cnnc1-c1ccc(Cl)cc1F. The average Bonchev–Trinajstić information content (AvgIpc) is 2.74. The van der Waals surface area contributed by atoms with Gasteiger partial charge in [-0.1, -0.05) is 11.6 Å². The molecule has 0 aliphatic carbocycles. The first kappa shape index (κ1) is 12.0. The Hall–Kier alpha value is -1.46. The molecule has 0 unspecified atom stereocenters. The van der Waals surface area contributed by atoms with Crippen molar-refractivity contribution in [3.63, 3.8) is 0 Å². The highest BCUT2D eigenvalue weighted by Crippen LogP contribution is 2.23. The maximum Gasteiger partial charge on any atom is 0.166 e. The Kier molecular flexibility index (Phi) is 3.71. The Balaban J connectivity index is 2.35. The van der Waals surface area contributed by atoms with Gasteiger partial charge in [0.25, 0.3) is 0 Å². The summed E-state index contributed by atoms with van der Waals surface area (Å²) in [6.45, 7) is 1.08. The highest BCUT2D eigenvalue weighted by atomic mass is 35.5. The van der Waals surface area contributed by atoms with Crippen molar-refractivity contribution in [1.29, 1.82) is 0 Å². The third-order valence-corrected chi connectivity index (χ3v) is 2.56. The van der Waals surface area contributed by atoms with Crippen LogP contribution in [0.3, 0.4) is 0 Å². The van der Waals surface area contributed by atoms with Gasteiger partial charge in [0.05, 0.1) is 12.2 Å². The van der Waals surface area contributed by atoms with Gasteiger partial charge in [-0.15, -0.1) is 10.2 Å². The second-order valence-corrected chi connectivity index (χ2v) is 3.90. The Morgan fingerprint density at radius 1 is 1.47 bits per heavy atom. The van der Waals surface area contributed by atoms with Crippen LogP contribution in [-0.2, 0) is 11.3 Å². The summed E-state index contributed by atoms with van der Waals surface area (Å²) in [4.78, 5) is 0. The van der Waals surface area contributed by atoms with Crippen LogP contribution in [0.4, 0.5) is 4.39 Å². The number of benzene rings is 1. The van der Waals surface area contributed by atoms with Gasteiger partial charge in [-0.05, 0) is 18.2 Å². The molecule has 2 rings (SSSR count). The van der Waals surface area contributed by atoms with Crippen molar-refractivity contribution in [2.45, 2.75) is 6.54 Å². The molecule has 0 saturated carbocycles. The fourth-order valence-electron chi connectivity index (χ4n) is 1.49. The van der Waals surface area contributed by atoms with Gasteiger partial charge in [0.1, 0.15) is 12.1 Å². The molecule has 0 aliphatic heterocycles. The Morgan fingerprint density at radius 2 is 2.29 bits per heavy atom. The molecule has 90 valence electrons. The van der Waals surface area contributed by atoms with Crippen molar-refractivity contribution in [1.82, 2.24) is 14.8 Å². The number of halogens is 2. The van der Waals surface area contributed by atoms with E-state index in [1.807, 2.05) is 0 Å². The molecule has 1 heterocycles. The van der Waals surface area contributed by atoms with Crippen molar-refractivity contribution < 1.29 is 9.13 Å². The monoisotopic (exact) mass is 255 g/mol. The quantitative estimate of drug-likeness (QED) is 0.842. The fourth-order valence-corrected chi connectivity index (χ4v) is 1.65. The molecule has 0 saturated heterocycles. The normalized spacial score (nSPS) is 10.8. The molecule has 4 nitrogen and oxygen atoms in total. The van der Waals surface area contributed by atoms with E-state index in [2.05, 4.69) is 10.2 Å². The number of hydrogen-bond acceptors (Lipinski definition) is 3. The molecule has 6 heteroatoms. The van der Waals surface area contributed by atoms with E-state index in [1.165, 1.54) is 6.07 Å². The van der Waals surface area contributed by atoms with Gasteiger partial charge in [0, 0.05) is 18.7 Å². The van der Waals surface area contributed by atoms with Crippen LogP contribution < -0.4 is 0 Å². The minimum Gasteiger partial charge on any atom is -0.383 e. The van der Waals surface area contributed by atoms with E-state index in [1.54, 1.807) is 30.1 Å². The van der Waals surface area contributed by atoms with Gasteiger partial charge in [-0.25, -0.2) is 4.39 Å². The molecule has 17 heavy (non-hydrogen) atoms. The van der Waals surface area contributed by atoms with Gasteiger partial charge < -0.3 is 9.30 Å². The lowest BCUT2D eigenvalue weighted by Crippen LogP contribution is -2.05. The van der Waals surface area contributed by atoms with E-state index in [9.17, 15) is 4.39 Å². The maximum atomic E-state index is 13.7. The smallest absolute Gasteiger partial charge is 0.166 e. The molecular weight excluding hydrogens is 245 g/mol. The first-order chi connectivity index (χ1) is 8.22. The summed E-state index contributed by atoms with van der Waals surface area (Å²) in [5.74, 6) is 0.0559. The second-order valence-electron chi connectivity index (χ2n) is 3.46. The predicted octanol–water partition coefficient (Wildman–Crippen LogP) is 2.38. The average molecular weight is 256 g/mol. The van der Waals surface area contributed by atoms with Gasteiger partial charge in [0.15, 0.2) is 5.82 Å². The third-order valence-electron chi connectivity index (χ3n) is 2.32. The first-order valence-electron chi connectivity index (χ1n) is 5.04. The van der Waals surface area contributed by atoms with E-state index in [0.29, 0.717) is 29.6 Å². The van der Waals surface area contributed by atoms with Crippen molar-refractivity contribution in [2.24, 2.45) is 0 Å². The van der Waals surface area contributed by atoms with E-state index in [0.717, 1.165) is 0 Å². The van der Waals surface area contributed by atoms with Crippen LogP contribution in [-0.4, -0.2) is 28.5 Å². The molecule has 1 aromatic heterocycles. The zero-order valence-electron chi connectivity index (χ0n) is 9.23. The summed E-state index contributed by atoms with van der Waals surface area (Å²) in [6, 6.07) is 4.46.